The van der Waals surface area contributed by atoms with E-state index >= 15 is 0 Å². The van der Waals surface area contributed by atoms with Gasteiger partial charge in [-0.05, 0) is 30.9 Å². The largest absolute Gasteiger partial charge is 0.377 e. The van der Waals surface area contributed by atoms with Crippen molar-refractivity contribution in [2.75, 3.05) is 18.9 Å². The van der Waals surface area contributed by atoms with Crippen molar-refractivity contribution in [2.24, 2.45) is 0 Å². The van der Waals surface area contributed by atoms with E-state index in [9.17, 15) is 8.42 Å². The first-order valence-electron chi connectivity index (χ1n) is 6.83. The monoisotopic (exact) mass is 281 g/mol. The van der Waals surface area contributed by atoms with Crippen molar-refractivity contribution < 1.29 is 13.2 Å². The van der Waals surface area contributed by atoms with Crippen LogP contribution in [0, 0.1) is 0 Å². The normalized spacial score (nSPS) is 29.1. The van der Waals surface area contributed by atoms with E-state index in [2.05, 4.69) is 5.32 Å². The number of sulfone groups is 1. The zero-order chi connectivity index (χ0) is 13.3. The number of rotatable bonds is 3. The van der Waals surface area contributed by atoms with Gasteiger partial charge in [0.05, 0.1) is 16.8 Å². The van der Waals surface area contributed by atoms with Crippen molar-refractivity contribution in [3.8, 4) is 0 Å². The second-order valence-corrected chi connectivity index (χ2v) is 7.27. The molecule has 4 nitrogen and oxygen atoms in total. The molecule has 0 aromatic heterocycles. The summed E-state index contributed by atoms with van der Waals surface area (Å²) >= 11 is 0. The van der Waals surface area contributed by atoms with E-state index in [1.807, 2.05) is 12.1 Å². The third-order valence-corrected chi connectivity index (χ3v) is 5.70. The number of hydrogen-bond acceptors (Lipinski definition) is 4. The van der Waals surface area contributed by atoms with E-state index in [-0.39, 0.29) is 17.9 Å². The molecule has 2 aliphatic heterocycles. The minimum atomic E-state index is -3.11. The Hall–Kier alpha value is -0.910. The highest BCUT2D eigenvalue weighted by molar-refractivity contribution is 7.91. The van der Waals surface area contributed by atoms with Gasteiger partial charge in [-0.2, -0.15) is 0 Å². The van der Waals surface area contributed by atoms with E-state index in [1.54, 1.807) is 12.1 Å². The van der Waals surface area contributed by atoms with Gasteiger partial charge in [0.2, 0.25) is 0 Å². The van der Waals surface area contributed by atoms with Crippen molar-refractivity contribution in [3.63, 3.8) is 0 Å². The summed E-state index contributed by atoms with van der Waals surface area (Å²) in [5.74, 6) is 0.166. The maximum Gasteiger partial charge on any atom is 0.180 e. The van der Waals surface area contributed by atoms with Crippen LogP contribution in [-0.2, 0) is 14.6 Å². The van der Waals surface area contributed by atoms with Crippen molar-refractivity contribution in [2.45, 2.75) is 36.3 Å². The van der Waals surface area contributed by atoms with E-state index in [0.717, 1.165) is 31.6 Å². The molecule has 0 aliphatic carbocycles. The molecular formula is C14H19NO3S. The van der Waals surface area contributed by atoms with Gasteiger partial charge in [-0.1, -0.05) is 18.2 Å². The molecule has 5 heteroatoms. The smallest absolute Gasteiger partial charge is 0.180 e. The van der Waals surface area contributed by atoms with Gasteiger partial charge in [-0.15, -0.1) is 0 Å². The fourth-order valence-electron chi connectivity index (χ4n) is 2.86. The zero-order valence-electron chi connectivity index (χ0n) is 10.8. The van der Waals surface area contributed by atoms with E-state index < -0.39 is 9.84 Å². The van der Waals surface area contributed by atoms with Gasteiger partial charge >= 0.3 is 0 Å². The molecule has 0 spiro atoms. The SMILES string of the molecule is O=S1(=O)CC(NCC2CCCCO2)c2ccccc21. The summed E-state index contributed by atoms with van der Waals surface area (Å²) in [6.07, 6.45) is 3.63. The average molecular weight is 281 g/mol. The van der Waals surface area contributed by atoms with Gasteiger partial charge in [0.15, 0.2) is 9.84 Å². The van der Waals surface area contributed by atoms with Crippen LogP contribution in [0.3, 0.4) is 0 Å². The molecule has 2 aliphatic rings. The third kappa shape index (κ3) is 2.68. The second-order valence-electron chi connectivity index (χ2n) is 5.27. The third-order valence-electron chi connectivity index (χ3n) is 3.88. The van der Waals surface area contributed by atoms with Crippen LogP contribution in [0.2, 0.25) is 0 Å². The quantitative estimate of drug-likeness (QED) is 0.916. The van der Waals surface area contributed by atoms with Crippen LogP contribution in [0.4, 0.5) is 0 Å². The summed E-state index contributed by atoms with van der Waals surface area (Å²) in [5, 5.41) is 3.36. The molecular weight excluding hydrogens is 262 g/mol. The average Bonchev–Trinajstić information content (AvgIpc) is 2.70. The first kappa shape index (κ1) is 13.1. The Bertz CT molecular complexity index is 550. The molecule has 104 valence electrons. The molecule has 1 aromatic rings. The summed E-state index contributed by atoms with van der Waals surface area (Å²) in [6.45, 7) is 1.56. The van der Waals surface area contributed by atoms with Crippen molar-refractivity contribution >= 4 is 9.84 Å². The second kappa shape index (κ2) is 5.23. The molecule has 3 rings (SSSR count). The number of benzene rings is 1. The summed E-state index contributed by atoms with van der Waals surface area (Å²) in [6, 6.07) is 7.18. The lowest BCUT2D eigenvalue weighted by Crippen LogP contribution is -2.34. The predicted molar refractivity (Wildman–Crippen MR) is 72.8 cm³/mol. The van der Waals surface area contributed by atoms with Crippen LogP contribution in [0.15, 0.2) is 29.2 Å². The Balaban J connectivity index is 1.70. The molecule has 1 fully saturated rings. The first-order valence-corrected chi connectivity index (χ1v) is 8.49. The van der Waals surface area contributed by atoms with Crippen LogP contribution in [0.25, 0.3) is 0 Å². The minimum absolute atomic E-state index is 0.0910. The maximum atomic E-state index is 12.0. The number of nitrogens with one attached hydrogen (secondary N) is 1. The Labute approximate surface area is 114 Å². The van der Waals surface area contributed by atoms with E-state index in [1.165, 1.54) is 6.42 Å². The summed E-state index contributed by atoms with van der Waals surface area (Å²) in [7, 11) is -3.11. The van der Waals surface area contributed by atoms with Crippen LogP contribution >= 0.6 is 0 Å². The zero-order valence-corrected chi connectivity index (χ0v) is 11.7. The maximum absolute atomic E-state index is 12.0. The highest BCUT2D eigenvalue weighted by Gasteiger charge is 2.34. The topological polar surface area (TPSA) is 55.4 Å². The predicted octanol–water partition coefficient (Wildman–Crippen LogP) is 1.67. The number of ether oxygens (including phenoxy) is 1. The Morgan fingerprint density at radius 2 is 2.11 bits per heavy atom. The molecule has 0 bridgehead atoms. The summed E-state index contributed by atoms with van der Waals surface area (Å²) < 4.78 is 29.8. The molecule has 2 heterocycles. The number of hydrogen-bond donors (Lipinski definition) is 1. The van der Waals surface area contributed by atoms with Crippen LogP contribution in [-0.4, -0.2) is 33.4 Å². The molecule has 1 saturated heterocycles. The van der Waals surface area contributed by atoms with Crippen LogP contribution in [0.5, 0.6) is 0 Å². The molecule has 19 heavy (non-hydrogen) atoms. The summed E-state index contributed by atoms with van der Waals surface area (Å²) in [4.78, 5) is 0.483. The lowest BCUT2D eigenvalue weighted by molar-refractivity contribution is 0.0157. The standard InChI is InChI=1S/C14H19NO3S/c16-19(17)10-13(12-6-1-2-7-14(12)19)15-9-11-5-3-4-8-18-11/h1-2,6-7,11,13,15H,3-5,8-10H2. The van der Waals surface area contributed by atoms with Crippen molar-refractivity contribution in [1.82, 2.24) is 5.32 Å². The highest BCUT2D eigenvalue weighted by Crippen LogP contribution is 2.33. The molecule has 2 atom stereocenters. The van der Waals surface area contributed by atoms with Gasteiger partial charge in [0, 0.05) is 19.2 Å². The molecule has 1 N–H and O–H groups in total. The van der Waals surface area contributed by atoms with Crippen LogP contribution < -0.4 is 5.32 Å². The Morgan fingerprint density at radius 1 is 1.26 bits per heavy atom. The first-order chi connectivity index (χ1) is 9.17. The highest BCUT2D eigenvalue weighted by atomic mass is 32.2. The lowest BCUT2D eigenvalue weighted by Gasteiger charge is -2.24. The van der Waals surface area contributed by atoms with Crippen LogP contribution in [0.1, 0.15) is 30.9 Å². The fraction of sp³-hybridized carbons (Fsp3) is 0.571. The Morgan fingerprint density at radius 3 is 2.89 bits per heavy atom. The lowest BCUT2D eigenvalue weighted by atomic mass is 10.1. The molecule has 0 radical (unpaired) electrons. The fourth-order valence-corrected chi connectivity index (χ4v) is 4.63. The Kier molecular flexibility index (Phi) is 3.60. The van der Waals surface area contributed by atoms with E-state index in [0.29, 0.717) is 4.90 Å². The molecule has 2 unspecified atom stereocenters. The molecule has 0 amide bonds. The van der Waals surface area contributed by atoms with Gasteiger partial charge in [-0.3, -0.25) is 0 Å². The van der Waals surface area contributed by atoms with E-state index in [4.69, 9.17) is 4.74 Å². The molecule has 0 saturated carbocycles. The van der Waals surface area contributed by atoms with Gasteiger partial charge < -0.3 is 10.1 Å². The minimum Gasteiger partial charge on any atom is -0.377 e. The van der Waals surface area contributed by atoms with Gasteiger partial charge in [-0.25, -0.2) is 8.42 Å². The van der Waals surface area contributed by atoms with Gasteiger partial charge in [0.1, 0.15) is 0 Å². The van der Waals surface area contributed by atoms with Crippen molar-refractivity contribution in [1.29, 1.82) is 0 Å². The summed E-state index contributed by atoms with van der Waals surface area (Å²) in [5.41, 5.74) is 0.901. The molecule has 1 aromatic carbocycles. The number of fused-ring (bicyclic) bond motifs is 1. The van der Waals surface area contributed by atoms with Gasteiger partial charge in [0.25, 0.3) is 0 Å². The van der Waals surface area contributed by atoms with Crippen molar-refractivity contribution in [3.05, 3.63) is 29.8 Å².